The number of morpholine rings is 1. The first-order valence-corrected chi connectivity index (χ1v) is 6.83. The summed E-state index contributed by atoms with van der Waals surface area (Å²) in [5.41, 5.74) is 0. The average Bonchev–Trinajstić information content (AvgIpc) is 2.41. The van der Waals surface area contributed by atoms with E-state index in [0.717, 1.165) is 19.7 Å². The largest absolute Gasteiger partial charge is 0.373 e. The summed E-state index contributed by atoms with van der Waals surface area (Å²) in [4.78, 5) is 8.79. The molecule has 104 valence electrons. The number of ether oxygens (including phenoxy) is 1. The van der Waals surface area contributed by atoms with E-state index < -0.39 is 0 Å². The molecule has 1 aliphatic heterocycles. The molecule has 0 radical (unpaired) electrons. The van der Waals surface area contributed by atoms with Gasteiger partial charge in [-0.05, 0) is 19.8 Å². The van der Waals surface area contributed by atoms with Crippen LogP contribution in [0.4, 0.5) is 0 Å². The van der Waals surface area contributed by atoms with Crippen molar-refractivity contribution in [3.8, 4) is 0 Å². The SMILES string of the molecule is CC(N=C=NC1CCCCC1)C1CNCCO1.Cl. The van der Waals surface area contributed by atoms with Gasteiger partial charge in [0.1, 0.15) is 0 Å². The van der Waals surface area contributed by atoms with Crippen LogP contribution in [0.5, 0.6) is 0 Å². The van der Waals surface area contributed by atoms with Gasteiger partial charge >= 0.3 is 0 Å². The van der Waals surface area contributed by atoms with Gasteiger partial charge in [-0.25, -0.2) is 9.98 Å². The minimum atomic E-state index is 0. The van der Waals surface area contributed by atoms with E-state index in [-0.39, 0.29) is 24.6 Å². The predicted octanol–water partition coefficient (Wildman–Crippen LogP) is 2.29. The Morgan fingerprint density at radius 3 is 2.72 bits per heavy atom. The highest BCUT2D eigenvalue weighted by molar-refractivity contribution is 5.85. The highest BCUT2D eigenvalue weighted by atomic mass is 35.5. The smallest absolute Gasteiger partial charge is 0.0928 e. The monoisotopic (exact) mass is 273 g/mol. The Morgan fingerprint density at radius 2 is 2.06 bits per heavy atom. The number of hydrogen-bond donors (Lipinski definition) is 1. The molecule has 2 fully saturated rings. The van der Waals surface area contributed by atoms with Crippen LogP contribution in [0.25, 0.3) is 0 Å². The molecular weight excluding hydrogens is 250 g/mol. The number of halogens is 1. The summed E-state index contributed by atoms with van der Waals surface area (Å²) in [7, 11) is 0. The zero-order valence-electron chi connectivity index (χ0n) is 11.1. The molecule has 1 heterocycles. The molecule has 1 N–H and O–H groups in total. The van der Waals surface area contributed by atoms with Crippen molar-refractivity contribution < 1.29 is 4.74 Å². The average molecular weight is 274 g/mol. The Morgan fingerprint density at radius 1 is 1.28 bits per heavy atom. The molecule has 0 aromatic carbocycles. The minimum Gasteiger partial charge on any atom is -0.373 e. The lowest BCUT2D eigenvalue weighted by atomic mass is 9.96. The van der Waals surface area contributed by atoms with Crippen molar-refractivity contribution in [3.63, 3.8) is 0 Å². The fourth-order valence-electron chi connectivity index (χ4n) is 2.39. The molecule has 18 heavy (non-hydrogen) atoms. The van der Waals surface area contributed by atoms with Gasteiger partial charge in [-0.3, -0.25) is 0 Å². The molecule has 0 bridgehead atoms. The Bertz CT molecular complexity index is 280. The van der Waals surface area contributed by atoms with Crippen LogP contribution in [0.1, 0.15) is 39.0 Å². The van der Waals surface area contributed by atoms with Gasteiger partial charge in [-0.15, -0.1) is 12.4 Å². The third-order valence-corrected chi connectivity index (χ3v) is 3.57. The van der Waals surface area contributed by atoms with Crippen LogP contribution in [0.2, 0.25) is 0 Å². The number of nitrogens with one attached hydrogen (secondary N) is 1. The Kier molecular flexibility index (Phi) is 7.52. The maximum atomic E-state index is 5.64. The first-order chi connectivity index (χ1) is 8.36. The summed E-state index contributed by atoms with van der Waals surface area (Å²) < 4.78 is 5.64. The highest BCUT2D eigenvalue weighted by Gasteiger charge is 2.19. The Labute approximate surface area is 116 Å². The van der Waals surface area contributed by atoms with Crippen molar-refractivity contribution in [3.05, 3.63) is 0 Å². The van der Waals surface area contributed by atoms with Gasteiger partial charge in [0.05, 0.1) is 30.8 Å². The number of nitrogens with zero attached hydrogens (tertiary/aromatic N) is 2. The van der Waals surface area contributed by atoms with Gasteiger partial charge in [0.25, 0.3) is 0 Å². The summed E-state index contributed by atoms with van der Waals surface area (Å²) in [6, 6.07) is 3.51. The van der Waals surface area contributed by atoms with Crippen molar-refractivity contribution in [2.24, 2.45) is 9.98 Å². The van der Waals surface area contributed by atoms with Crippen molar-refractivity contribution in [2.75, 3.05) is 19.7 Å². The third kappa shape index (κ3) is 5.07. The van der Waals surface area contributed by atoms with Gasteiger partial charge in [0.15, 0.2) is 0 Å². The van der Waals surface area contributed by atoms with Gasteiger partial charge in [-0.2, -0.15) is 0 Å². The van der Waals surface area contributed by atoms with E-state index >= 15 is 0 Å². The van der Waals surface area contributed by atoms with E-state index in [1.165, 1.54) is 32.1 Å². The molecular formula is C13H24ClN3O. The van der Waals surface area contributed by atoms with Crippen molar-refractivity contribution >= 4 is 18.4 Å². The molecule has 0 amide bonds. The topological polar surface area (TPSA) is 46.0 Å². The van der Waals surface area contributed by atoms with E-state index in [0.29, 0.717) is 6.04 Å². The maximum Gasteiger partial charge on any atom is 0.0928 e. The quantitative estimate of drug-likeness (QED) is 0.802. The van der Waals surface area contributed by atoms with Crippen LogP contribution < -0.4 is 5.32 Å². The van der Waals surface area contributed by atoms with E-state index in [1.807, 2.05) is 0 Å². The van der Waals surface area contributed by atoms with Crippen LogP contribution in [-0.4, -0.2) is 43.9 Å². The van der Waals surface area contributed by atoms with E-state index in [9.17, 15) is 0 Å². The number of rotatable bonds is 3. The molecule has 2 unspecified atom stereocenters. The predicted molar refractivity (Wildman–Crippen MR) is 76.1 cm³/mol. The van der Waals surface area contributed by atoms with E-state index in [4.69, 9.17) is 4.74 Å². The molecule has 0 aromatic rings. The molecule has 1 aliphatic carbocycles. The van der Waals surface area contributed by atoms with Crippen LogP contribution in [0, 0.1) is 0 Å². The van der Waals surface area contributed by atoms with Crippen LogP contribution >= 0.6 is 12.4 Å². The maximum absolute atomic E-state index is 5.64. The molecule has 0 aromatic heterocycles. The van der Waals surface area contributed by atoms with Crippen LogP contribution in [0.15, 0.2) is 9.98 Å². The molecule has 2 rings (SSSR count). The Balaban J connectivity index is 0.00000162. The summed E-state index contributed by atoms with van der Waals surface area (Å²) in [6.45, 7) is 4.68. The first-order valence-electron chi connectivity index (χ1n) is 6.83. The van der Waals surface area contributed by atoms with Crippen molar-refractivity contribution in [1.29, 1.82) is 0 Å². The lowest BCUT2D eigenvalue weighted by Crippen LogP contribution is -2.43. The molecule has 2 atom stereocenters. The third-order valence-electron chi connectivity index (χ3n) is 3.57. The van der Waals surface area contributed by atoms with Crippen LogP contribution in [0.3, 0.4) is 0 Å². The Hall–Kier alpha value is -0.410. The van der Waals surface area contributed by atoms with Gasteiger partial charge in [0, 0.05) is 13.1 Å². The van der Waals surface area contributed by atoms with E-state index in [2.05, 4.69) is 28.2 Å². The molecule has 2 aliphatic rings. The first kappa shape index (κ1) is 15.6. The lowest BCUT2D eigenvalue weighted by molar-refractivity contribution is 0.0169. The summed E-state index contributed by atoms with van der Waals surface area (Å²) in [6.07, 6.45) is 6.57. The minimum absolute atomic E-state index is 0. The number of hydrogen-bond acceptors (Lipinski definition) is 4. The second-order valence-electron chi connectivity index (χ2n) is 5.00. The normalized spacial score (nSPS) is 26.6. The van der Waals surface area contributed by atoms with Gasteiger partial charge in [-0.1, -0.05) is 19.3 Å². The summed E-state index contributed by atoms with van der Waals surface area (Å²) in [5, 5.41) is 3.31. The zero-order valence-corrected chi connectivity index (χ0v) is 11.9. The standard InChI is InChI=1S/C13H23N3O.ClH/c1-11(13-9-14-7-8-17-13)15-10-16-12-5-3-2-4-6-12;/h11-14H,2-9H2,1H3;1H. The van der Waals surface area contributed by atoms with Crippen molar-refractivity contribution in [2.45, 2.75) is 57.2 Å². The molecule has 1 saturated carbocycles. The second kappa shape index (κ2) is 8.65. The summed E-state index contributed by atoms with van der Waals surface area (Å²) in [5.74, 6) is 0. The zero-order chi connectivity index (χ0) is 11.9. The fourth-order valence-corrected chi connectivity index (χ4v) is 2.39. The van der Waals surface area contributed by atoms with Gasteiger partial charge < -0.3 is 10.1 Å². The second-order valence-corrected chi connectivity index (χ2v) is 5.00. The van der Waals surface area contributed by atoms with Gasteiger partial charge in [0.2, 0.25) is 0 Å². The van der Waals surface area contributed by atoms with E-state index in [1.54, 1.807) is 0 Å². The molecule has 1 saturated heterocycles. The van der Waals surface area contributed by atoms with Crippen LogP contribution in [-0.2, 0) is 4.74 Å². The molecule has 4 nitrogen and oxygen atoms in total. The van der Waals surface area contributed by atoms with Crippen molar-refractivity contribution in [1.82, 2.24) is 5.32 Å². The molecule has 5 heteroatoms. The highest BCUT2D eigenvalue weighted by Crippen LogP contribution is 2.19. The summed E-state index contributed by atoms with van der Waals surface area (Å²) >= 11 is 0. The number of aliphatic imine (C=N–C) groups is 2. The lowest BCUT2D eigenvalue weighted by Gasteiger charge is -2.25. The fraction of sp³-hybridized carbons (Fsp3) is 0.923. The molecule has 0 spiro atoms.